The predicted molar refractivity (Wildman–Crippen MR) is 95.8 cm³/mol. The standard InChI is InChI=1S/C19H24N2OS/c1-15-5-10-18(23-15)19(22)20-13-16-6-8-17(9-7-16)14-21-11-3-2-4-12-21/h5-10H,2-4,11-14H2,1H3,(H,20,22). The van der Waals surface area contributed by atoms with Crippen LogP contribution >= 0.6 is 11.3 Å². The van der Waals surface area contributed by atoms with Crippen molar-refractivity contribution in [2.45, 2.75) is 39.3 Å². The van der Waals surface area contributed by atoms with E-state index in [0.29, 0.717) is 6.54 Å². The van der Waals surface area contributed by atoms with Gasteiger partial charge in [0.15, 0.2) is 0 Å². The molecule has 1 aliphatic rings. The smallest absolute Gasteiger partial charge is 0.261 e. The molecule has 1 saturated heterocycles. The lowest BCUT2D eigenvalue weighted by atomic mass is 10.1. The third-order valence-corrected chi connectivity index (χ3v) is 5.29. The second kappa shape index (κ2) is 7.75. The van der Waals surface area contributed by atoms with E-state index in [1.807, 2.05) is 19.1 Å². The number of rotatable bonds is 5. The van der Waals surface area contributed by atoms with Crippen molar-refractivity contribution >= 4 is 17.2 Å². The fraction of sp³-hybridized carbons (Fsp3) is 0.421. The van der Waals surface area contributed by atoms with Crippen molar-refractivity contribution in [3.05, 3.63) is 57.3 Å². The van der Waals surface area contributed by atoms with Crippen LogP contribution in [0.5, 0.6) is 0 Å². The Bertz CT molecular complexity index is 642. The predicted octanol–water partition coefficient (Wildman–Crippen LogP) is 3.97. The molecule has 2 heterocycles. The first kappa shape index (κ1) is 16.2. The molecule has 23 heavy (non-hydrogen) atoms. The molecule has 3 nitrogen and oxygen atoms in total. The van der Waals surface area contributed by atoms with Gasteiger partial charge in [0, 0.05) is 18.0 Å². The summed E-state index contributed by atoms with van der Waals surface area (Å²) in [4.78, 5) is 16.5. The number of amides is 1. The summed E-state index contributed by atoms with van der Waals surface area (Å²) >= 11 is 1.54. The molecule has 0 radical (unpaired) electrons. The molecule has 1 fully saturated rings. The molecular weight excluding hydrogens is 304 g/mol. The van der Waals surface area contributed by atoms with E-state index in [-0.39, 0.29) is 5.91 Å². The van der Waals surface area contributed by atoms with Gasteiger partial charge in [0.1, 0.15) is 0 Å². The first-order valence-corrected chi connectivity index (χ1v) is 9.17. The molecule has 1 N–H and O–H groups in total. The molecule has 3 rings (SSSR count). The third-order valence-electron chi connectivity index (χ3n) is 4.30. The highest BCUT2D eigenvalue weighted by molar-refractivity contribution is 7.13. The molecule has 0 bridgehead atoms. The van der Waals surface area contributed by atoms with E-state index < -0.39 is 0 Å². The average molecular weight is 328 g/mol. The summed E-state index contributed by atoms with van der Waals surface area (Å²) in [6.45, 7) is 6.08. The van der Waals surface area contributed by atoms with Gasteiger partial charge < -0.3 is 5.32 Å². The summed E-state index contributed by atoms with van der Waals surface area (Å²) in [5.74, 6) is 0.0143. The van der Waals surface area contributed by atoms with Crippen LogP contribution in [-0.2, 0) is 13.1 Å². The van der Waals surface area contributed by atoms with E-state index in [1.54, 1.807) is 0 Å². The zero-order chi connectivity index (χ0) is 16.1. The van der Waals surface area contributed by atoms with Crippen molar-refractivity contribution in [2.75, 3.05) is 13.1 Å². The maximum atomic E-state index is 12.1. The van der Waals surface area contributed by atoms with E-state index in [9.17, 15) is 4.79 Å². The van der Waals surface area contributed by atoms with Crippen LogP contribution in [0.15, 0.2) is 36.4 Å². The van der Waals surface area contributed by atoms with Gasteiger partial charge in [-0.15, -0.1) is 11.3 Å². The minimum atomic E-state index is 0.0143. The van der Waals surface area contributed by atoms with Crippen molar-refractivity contribution in [1.82, 2.24) is 10.2 Å². The normalized spacial score (nSPS) is 15.5. The lowest BCUT2D eigenvalue weighted by Crippen LogP contribution is -2.29. The number of hydrogen-bond donors (Lipinski definition) is 1. The molecule has 0 spiro atoms. The van der Waals surface area contributed by atoms with Gasteiger partial charge in [-0.3, -0.25) is 9.69 Å². The Morgan fingerprint density at radius 1 is 1.04 bits per heavy atom. The highest BCUT2D eigenvalue weighted by Crippen LogP contribution is 2.16. The number of carbonyl (C=O) groups is 1. The van der Waals surface area contributed by atoms with Crippen LogP contribution in [0.4, 0.5) is 0 Å². The van der Waals surface area contributed by atoms with Crippen LogP contribution in [0.1, 0.15) is 44.9 Å². The number of carbonyl (C=O) groups excluding carboxylic acids is 1. The summed E-state index contributed by atoms with van der Waals surface area (Å²) in [6.07, 6.45) is 4.03. The quantitative estimate of drug-likeness (QED) is 0.900. The number of nitrogens with zero attached hydrogens (tertiary/aromatic N) is 1. The monoisotopic (exact) mass is 328 g/mol. The summed E-state index contributed by atoms with van der Waals surface area (Å²) < 4.78 is 0. The van der Waals surface area contributed by atoms with Gasteiger partial charge in [-0.1, -0.05) is 30.7 Å². The van der Waals surface area contributed by atoms with E-state index in [4.69, 9.17) is 0 Å². The summed E-state index contributed by atoms with van der Waals surface area (Å²) in [5.41, 5.74) is 2.50. The number of aryl methyl sites for hydroxylation is 1. The number of nitrogens with one attached hydrogen (secondary N) is 1. The third kappa shape index (κ3) is 4.66. The molecule has 0 atom stereocenters. The Morgan fingerprint density at radius 3 is 2.39 bits per heavy atom. The minimum Gasteiger partial charge on any atom is -0.347 e. The largest absolute Gasteiger partial charge is 0.347 e. The number of hydrogen-bond acceptors (Lipinski definition) is 3. The molecule has 0 saturated carbocycles. The van der Waals surface area contributed by atoms with E-state index in [0.717, 1.165) is 21.9 Å². The number of piperidine rings is 1. The zero-order valence-electron chi connectivity index (χ0n) is 13.7. The number of benzene rings is 1. The second-order valence-corrected chi connectivity index (χ2v) is 7.53. The van der Waals surface area contributed by atoms with Gasteiger partial charge in [0.05, 0.1) is 4.88 Å². The van der Waals surface area contributed by atoms with Crippen LogP contribution in [0, 0.1) is 6.92 Å². The van der Waals surface area contributed by atoms with E-state index in [1.165, 1.54) is 49.3 Å². The first-order chi connectivity index (χ1) is 11.2. The van der Waals surface area contributed by atoms with Crippen LogP contribution < -0.4 is 5.32 Å². The number of likely N-dealkylation sites (tertiary alicyclic amines) is 1. The van der Waals surface area contributed by atoms with Crippen molar-refractivity contribution in [3.63, 3.8) is 0 Å². The molecule has 1 aliphatic heterocycles. The lowest BCUT2D eigenvalue weighted by Gasteiger charge is -2.26. The van der Waals surface area contributed by atoms with Crippen LogP contribution in [-0.4, -0.2) is 23.9 Å². The Kier molecular flexibility index (Phi) is 5.47. The Morgan fingerprint density at radius 2 is 1.74 bits per heavy atom. The van der Waals surface area contributed by atoms with Crippen molar-refractivity contribution < 1.29 is 4.79 Å². The first-order valence-electron chi connectivity index (χ1n) is 8.35. The molecule has 1 aromatic heterocycles. The SMILES string of the molecule is Cc1ccc(C(=O)NCc2ccc(CN3CCCCC3)cc2)s1. The summed E-state index contributed by atoms with van der Waals surface area (Å²) in [5, 5.41) is 2.99. The molecule has 1 amide bonds. The van der Waals surface area contributed by atoms with Crippen LogP contribution in [0.2, 0.25) is 0 Å². The van der Waals surface area contributed by atoms with Crippen molar-refractivity contribution in [3.8, 4) is 0 Å². The van der Waals surface area contributed by atoms with Gasteiger partial charge in [-0.05, 0) is 56.1 Å². The maximum absolute atomic E-state index is 12.1. The van der Waals surface area contributed by atoms with Gasteiger partial charge in [0.2, 0.25) is 0 Å². The molecule has 2 aromatic rings. The topological polar surface area (TPSA) is 32.3 Å². The highest BCUT2D eigenvalue weighted by Gasteiger charge is 2.10. The molecule has 0 unspecified atom stereocenters. The summed E-state index contributed by atoms with van der Waals surface area (Å²) in [7, 11) is 0. The van der Waals surface area contributed by atoms with E-state index in [2.05, 4.69) is 34.5 Å². The van der Waals surface area contributed by atoms with Gasteiger partial charge >= 0.3 is 0 Å². The fourth-order valence-electron chi connectivity index (χ4n) is 2.96. The number of thiophene rings is 1. The zero-order valence-corrected chi connectivity index (χ0v) is 14.5. The van der Waals surface area contributed by atoms with Gasteiger partial charge in [-0.25, -0.2) is 0 Å². The van der Waals surface area contributed by atoms with Crippen LogP contribution in [0.25, 0.3) is 0 Å². The van der Waals surface area contributed by atoms with Gasteiger partial charge in [-0.2, -0.15) is 0 Å². The Hall–Kier alpha value is -1.65. The molecule has 0 aliphatic carbocycles. The Balaban J connectivity index is 1.50. The summed E-state index contributed by atoms with van der Waals surface area (Å²) in [6, 6.07) is 12.5. The minimum absolute atomic E-state index is 0.0143. The lowest BCUT2D eigenvalue weighted by molar-refractivity contribution is 0.0955. The van der Waals surface area contributed by atoms with E-state index >= 15 is 0 Å². The molecule has 122 valence electrons. The Labute approximate surface area is 142 Å². The van der Waals surface area contributed by atoms with Gasteiger partial charge in [0.25, 0.3) is 5.91 Å². The second-order valence-electron chi connectivity index (χ2n) is 6.25. The van der Waals surface area contributed by atoms with Crippen molar-refractivity contribution in [1.29, 1.82) is 0 Å². The average Bonchev–Trinajstić information content (AvgIpc) is 3.01. The van der Waals surface area contributed by atoms with Crippen molar-refractivity contribution in [2.24, 2.45) is 0 Å². The molecular formula is C19H24N2OS. The molecule has 4 heteroatoms. The molecule has 1 aromatic carbocycles. The fourth-order valence-corrected chi connectivity index (χ4v) is 3.75. The maximum Gasteiger partial charge on any atom is 0.261 e. The van der Waals surface area contributed by atoms with Crippen LogP contribution in [0.3, 0.4) is 0 Å². The highest BCUT2D eigenvalue weighted by atomic mass is 32.1.